The molecule has 31 heavy (non-hydrogen) atoms. The van der Waals surface area contributed by atoms with E-state index in [-0.39, 0.29) is 30.4 Å². The molecule has 0 bridgehead atoms. The number of pyridine rings is 1. The number of aromatic nitrogens is 1. The summed E-state index contributed by atoms with van der Waals surface area (Å²) in [7, 11) is 0. The number of hydrogen-bond donors (Lipinski definition) is 1. The minimum Gasteiger partial charge on any atom is -0.473 e. The summed E-state index contributed by atoms with van der Waals surface area (Å²) in [6.07, 6.45) is 4.59. The van der Waals surface area contributed by atoms with Crippen molar-refractivity contribution in [3.05, 3.63) is 46.9 Å². The molecule has 1 aromatic rings. The number of alkyl carbamates (subject to hydrolysis) is 1. The van der Waals surface area contributed by atoms with Crippen molar-refractivity contribution >= 4 is 17.9 Å². The van der Waals surface area contributed by atoms with E-state index < -0.39 is 29.5 Å². The average Bonchev–Trinajstić information content (AvgIpc) is 2.92. The Balaban J connectivity index is 1.67. The smallest absolute Gasteiger partial charge is 0.407 e. The van der Waals surface area contributed by atoms with Crippen LogP contribution in [0, 0.1) is 5.82 Å². The molecule has 9 heteroatoms. The first-order valence-electron chi connectivity index (χ1n) is 10.1. The van der Waals surface area contributed by atoms with E-state index in [4.69, 9.17) is 9.47 Å². The van der Waals surface area contributed by atoms with Crippen LogP contribution >= 0.6 is 0 Å². The van der Waals surface area contributed by atoms with E-state index in [0.29, 0.717) is 24.0 Å². The molecule has 0 spiro atoms. The Morgan fingerprint density at radius 3 is 2.74 bits per heavy atom. The van der Waals surface area contributed by atoms with E-state index in [0.717, 1.165) is 11.1 Å². The number of carbonyl (C=O) groups is 3. The number of hydrogen-bond acceptors (Lipinski definition) is 6. The summed E-state index contributed by atoms with van der Waals surface area (Å²) in [4.78, 5) is 42.2. The fourth-order valence-corrected chi connectivity index (χ4v) is 3.26. The highest BCUT2D eigenvalue weighted by atomic mass is 19.1. The van der Waals surface area contributed by atoms with Gasteiger partial charge in [0.1, 0.15) is 17.5 Å². The molecule has 3 rings (SSSR count). The van der Waals surface area contributed by atoms with E-state index >= 15 is 0 Å². The van der Waals surface area contributed by atoms with Crippen molar-refractivity contribution in [2.24, 2.45) is 0 Å². The lowest BCUT2D eigenvalue weighted by Gasteiger charge is -2.22. The van der Waals surface area contributed by atoms with Gasteiger partial charge in [-0.05, 0) is 46.6 Å². The largest absolute Gasteiger partial charge is 0.473 e. The fraction of sp³-hybridized carbons (Fsp3) is 0.455. The quantitative estimate of drug-likeness (QED) is 0.696. The fourth-order valence-electron chi connectivity index (χ4n) is 3.26. The number of imide groups is 1. The molecule has 3 amide bonds. The van der Waals surface area contributed by atoms with E-state index in [1.807, 2.05) is 6.08 Å². The molecule has 0 fully saturated rings. The molecule has 1 aliphatic heterocycles. The molecular formula is C22H26FN3O5. The predicted octanol–water partition coefficient (Wildman–Crippen LogP) is 3.03. The highest BCUT2D eigenvalue weighted by molar-refractivity contribution is 6.20. The molecule has 8 nitrogen and oxygen atoms in total. The van der Waals surface area contributed by atoms with Gasteiger partial charge in [-0.1, -0.05) is 12.2 Å². The van der Waals surface area contributed by atoms with Gasteiger partial charge in [-0.15, -0.1) is 0 Å². The van der Waals surface area contributed by atoms with Gasteiger partial charge < -0.3 is 14.8 Å². The molecule has 0 saturated heterocycles. The topological polar surface area (TPSA) is 97.8 Å². The van der Waals surface area contributed by atoms with E-state index in [9.17, 15) is 18.8 Å². The Hall–Kier alpha value is -3.23. The number of allylic oxidation sites excluding steroid dienone is 1. The van der Waals surface area contributed by atoms with Crippen LogP contribution in [0.5, 0.6) is 5.88 Å². The van der Waals surface area contributed by atoms with Crippen LogP contribution in [0.25, 0.3) is 0 Å². The Bertz CT molecular complexity index is 964. The first kappa shape index (κ1) is 22.5. The maximum Gasteiger partial charge on any atom is 0.407 e. The molecule has 0 unspecified atom stereocenters. The van der Waals surface area contributed by atoms with Crippen molar-refractivity contribution in [1.29, 1.82) is 0 Å². The third-order valence-electron chi connectivity index (χ3n) is 4.62. The lowest BCUT2D eigenvalue weighted by Crippen LogP contribution is -2.38. The summed E-state index contributed by atoms with van der Waals surface area (Å²) in [6, 6.07) is 1.18. The molecule has 1 atom stereocenters. The molecule has 2 aliphatic rings. The van der Waals surface area contributed by atoms with Crippen LogP contribution in [-0.2, 0) is 20.9 Å². The number of carbonyl (C=O) groups excluding carboxylic acids is 3. The molecule has 0 saturated carbocycles. The number of nitrogens with zero attached hydrogens (tertiary/aromatic N) is 2. The summed E-state index contributed by atoms with van der Waals surface area (Å²) in [5.41, 5.74) is 0.499. The molecule has 1 aliphatic carbocycles. The second-order valence-electron chi connectivity index (χ2n) is 8.46. The Morgan fingerprint density at radius 2 is 2.06 bits per heavy atom. The minimum atomic E-state index is -0.628. The number of amides is 3. The number of rotatable bonds is 6. The van der Waals surface area contributed by atoms with Gasteiger partial charge in [0.15, 0.2) is 0 Å². The Kier molecular flexibility index (Phi) is 6.42. The zero-order valence-corrected chi connectivity index (χ0v) is 18.0. The minimum absolute atomic E-state index is 0.0842. The van der Waals surface area contributed by atoms with Crippen LogP contribution in [-0.4, -0.2) is 46.0 Å². The van der Waals surface area contributed by atoms with Crippen LogP contribution in [0.15, 0.2) is 35.6 Å². The van der Waals surface area contributed by atoms with Gasteiger partial charge in [0, 0.05) is 16.7 Å². The second kappa shape index (κ2) is 8.87. The standard InChI is InChI=1S/C22H26FN3O5/c1-13(10-25-21(29)31-22(2,3)4)30-18-14(9-15(23)11-24-18)12-26-19(27)16-7-5-6-8-17(16)20(26)28/h5,7,9,11,13H,6,8,10,12H2,1-4H3,(H,25,29)/t13-/m0/s1. The first-order chi connectivity index (χ1) is 14.5. The highest BCUT2D eigenvalue weighted by Crippen LogP contribution is 2.31. The third kappa shape index (κ3) is 5.48. The van der Waals surface area contributed by atoms with Crippen molar-refractivity contribution in [2.45, 2.75) is 58.8 Å². The lowest BCUT2D eigenvalue weighted by molar-refractivity contribution is -0.138. The average molecular weight is 431 g/mol. The second-order valence-corrected chi connectivity index (χ2v) is 8.46. The Morgan fingerprint density at radius 1 is 1.32 bits per heavy atom. The maximum absolute atomic E-state index is 13.9. The molecule has 166 valence electrons. The Labute approximate surface area is 180 Å². The van der Waals surface area contributed by atoms with Crippen molar-refractivity contribution < 1.29 is 28.2 Å². The van der Waals surface area contributed by atoms with E-state index in [1.165, 1.54) is 6.07 Å². The molecule has 1 aromatic heterocycles. The summed E-state index contributed by atoms with van der Waals surface area (Å²) in [5.74, 6) is -1.32. The normalized spacial score (nSPS) is 17.0. The zero-order valence-electron chi connectivity index (χ0n) is 18.0. The number of ether oxygens (including phenoxy) is 2. The van der Waals surface area contributed by atoms with Crippen LogP contribution in [0.4, 0.5) is 9.18 Å². The third-order valence-corrected chi connectivity index (χ3v) is 4.62. The molecule has 1 N–H and O–H groups in total. The maximum atomic E-state index is 13.9. The summed E-state index contributed by atoms with van der Waals surface area (Å²) in [6.45, 7) is 6.92. The summed E-state index contributed by atoms with van der Waals surface area (Å²) in [5, 5.41) is 2.59. The van der Waals surface area contributed by atoms with Gasteiger partial charge in [-0.2, -0.15) is 0 Å². The van der Waals surface area contributed by atoms with Crippen molar-refractivity contribution in [3.63, 3.8) is 0 Å². The molecule has 0 aromatic carbocycles. The predicted molar refractivity (Wildman–Crippen MR) is 109 cm³/mol. The van der Waals surface area contributed by atoms with Crippen molar-refractivity contribution in [2.75, 3.05) is 6.54 Å². The van der Waals surface area contributed by atoms with E-state index in [2.05, 4.69) is 10.3 Å². The van der Waals surface area contributed by atoms with Gasteiger partial charge in [0.2, 0.25) is 5.88 Å². The first-order valence-corrected chi connectivity index (χ1v) is 10.1. The summed E-state index contributed by atoms with van der Waals surface area (Å²) < 4.78 is 24.8. The summed E-state index contributed by atoms with van der Waals surface area (Å²) >= 11 is 0. The van der Waals surface area contributed by atoms with Gasteiger partial charge in [0.05, 0.1) is 19.3 Å². The number of nitrogens with one attached hydrogen (secondary N) is 1. The van der Waals surface area contributed by atoms with Gasteiger partial charge in [-0.25, -0.2) is 14.2 Å². The van der Waals surface area contributed by atoms with Gasteiger partial charge >= 0.3 is 6.09 Å². The zero-order chi connectivity index (χ0) is 22.8. The SMILES string of the molecule is C[C@@H](CNC(=O)OC(C)(C)C)Oc1ncc(F)cc1CN1C(=O)C2=C(CCC=C2)C1=O. The van der Waals surface area contributed by atoms with Crippen LogP contribution in [0.2, 0.25) is 0 Å². The lowest BCUT2D eigenvalue weighted by atomic mass is 10.00. The van der Waals surface area contributed by atoms with Gasteiger partial charge in [-0.3, -0.25) is 14.5 Å². The van der Waals surface area contributed by atoms with Crippen molar-refractivity contribution in [1.82, 2.24) is 15.2 Å². The monoisotopic (exact) mass is 431 g/mol. The molecule has 0 radical (unpaired) electrons. The molecule has 2 heterocycles. The highest BCUT2D eigenvalue weighted by Gasteiger charge is 2.38. The van der Waals surface area contributed by atoms with Gasteiger partial charge in [0.25, 0.3) is 11.8 Å². The van der Waals surface area contributed by atoms with E-state index in [1.54, 1.807) is 33.8 Å². The molecular weight excluding hydrogens is 405 g/mol. The van der Waals surface area contributed by atoms with Crippen LogP contribution < -0.4 is 10.1 Å². The number of halogens is 1. The van der Waals surface area contributed by atoms with Crippen LogP contribution in [0.1, 0.15) is 46.1 Å². The van der Waals surface area contributed by atoms with Crippen LogP contribution in [0.3, 0.4) is 0 Å². The van der Waals surface area contributed by atoms with Crippen molar-refractivity contribution in [3.8, 4) is 5.88 Å².